The lowest BCUT2D eigenvalue weighted by Gasteiger charge is -2.14. The summed E-state index contributed by atoms with van der Waals surface area (Å²) in [7, 11) is 0. The SMILES string of the molecule is c1ccc(-c2cccc(-c3cc(-c4ccc(-c5ccc6ccc7nc(-c8ccccc8)cc(-c8ccccc8)c7c6c5)cc4)nc(-c4cccc(-c5ccccc5)c4)n3)c2)cc1. The second-order valence-corrected chi connectivity index (χ2v) is 15.6. The van der Waals surface area contributed by atoms with Crippen molar-refractivity contribution in [2.45, 2.75) is 0 Å². The third-order valence-corrected chi connectivity index (χ3v) is 11.7. The lowest BCUT2D eigenvalue weighted by atomic mass is 9.92. The van der Waals surface area contributed by atoms with Gasteiger partial charge in [-0.3, -0.25) is 0 Å². The summed E-state index contributed by atoms with van der Waals surface area (Å²) in [5.74, 6) is 0.684. The fourth-order valence-electron chi connectivity index (χ4n) is 8.50. The van der Waals surface area contributed by atoms with E-state index in [9.17, 15) is 0 Å². The molecule has 0 radical (unpaired) electrons. The Morgan fingerprint density at radius 2 is 0.661 bits per heavy atom. The smallest absolute Gasteiger partial charge is 0.160 e. The first-order valence-electron chi connectivity index (χ1n) is 21.0. The molecule has 0 fully saturated rings. The number of hydrogen-bond donors (Lipinski definition) is 0. The van der Waals surface area contributed by atoms with Gasteiger partial charge in [0, 0.05) is 27.6 Å². The predicted octanol–water partition coefficient (Wildman–Crippen LogP) is 15.5. The molecule has 0 aliphatic heterocycles. The molecule has 62 heavy (non-hydrogen) atoms. The van der Waals surface area contributed by atoms with Gasteiger partial charge in [-0.1, -0.05) is 200 Å². The molecular formula is C59H39N3. The number of benzene rings is 9. The molecular weight excluding hydrogens is 751 g/mol. The van der Waals surface area contributed by atoms with Gasteiger partial charge in [0.1, 0.15) is 0 Å². The minimum atomic E-state index is 0.684. The summed E-state index contributed by atoms with van der Waals surface area (Å²) in [5.41, 5.74) is 17.0. The Hall–Kier alpha value is -8.27. The summed E-state index contributed by atoms with van der Waals surface area (Å²) in [6.07, 6.45) is 0. The first-order chi connectivity index (χ1) is 30.7. The van der Waals surface area contributed by atoms with Gasteiger partial charge in [0.2, 0.25) is 0 Å². The highest BCUT2D eigenvalue weighted by atomic mass is 14.9. The van der Waals surface area contributed by atoms with Gasteiger partial charge in [0.15, 0.2) is 5.82 Å². The zero-order chi connectivity index (χ0) is 41.2. The van der Waals surface area contributed by atoms with Gasteiger partial charge in [0.25, 0.3) is 0 Å². The first-order valence-corrected chi connectivity index (χ1v) is 21.0. The topological polar surface area (TPSA) is 38.7 Å². The van der Waals surface area contributed by atoms with Crippen molar-refractivity contribution in [2.75, 3.05) is 0 Å². The van der Waals surface area contributed by atoms with Gasteiger partial charge >= 0.3 is 0 Å². The lowest BCUT2D eigenvalue weighted by molar-refractivity contribution is 1.18. The summed E-state index contributed by atoms with van der Waals surface area (Å²) in [5, 5.41) is 3.51. The fraction of sp³-hybridized carbons (Fsp3) is 0. The largest absolute Gasteiger partial charge is 0.248 e. The van der Waals surface area contributed by atoms with Crippen molar-refractivity contribution in [3.63, 3.8) is 0 Å². The Morgan fingerprint density at radius 3 is 1.31 bits per heavy atom. The molecule has 9 aromatic carbocycles. The summed E-state index contributed by atoms with van der Waals surface area (Å²) in [6.45, 7) is 0. The van der Waals surface area contributed by atoms with Crippen LogP contribution in [0.4, 0.5) is 0 Å². The van der Waals surface area contributed by atoms with E-state index in [0.29, 0.717) is 5.82 Å². The second-order valence-electron chi connectivity index (χ2n) is 15.6. The van der Waals surface area contributed by atoms with Gasteiger partial charge in [-0.15, -0.1) is 0 Å². The zero-order valence-corrected chi connectivity index (χ0v) is 33.9. The minimum absolute atomic E-state index is 0.684. The number of fused-ring (bicyclic) bond motifs is 3. The molecule has 0 amide bonds. The van der Waals surface area contributed by atoms with Crippen LogP contribution < -0.4 is 0 Å². The summed E-state index contributed by atoms with van der Waals surface area (Å²) >= 11 is 0. The van der Waals surface area contributed by atoms with E-state index in [4.69, 9.17) is 15.0 Å². The van der Waals surface area contributed by atoms with Crippen LogP contribution in [0.25, 0.3) is 111 Å². The van der Waals surface area contributed by atoms with E-state index >= 15 is 0 Å². The molecule has 0 aliphatic carbocycles. The average molecular weight is 790 g/mol. The van der Waals surface area contributed by atoms with E-state index in [1.54, 1.807) is 0 Å². The predicted molar refractivity (Wildman–Crippen MR) is 258 cm³/mol. The van der Waals surface area contributed by atoms with Crippen LogP contribution in [-0.2, 0) is 0 Å². The Bertz CT molecular complexity index is 3260. The van der Waals surface area contributed by atoms with Gasteiger partial charge in [-0.25, -0.2) is 15.0 Å². The van der Waals surface area contributed by atoms with Crippen LogP contribution in [-0.4, -0.2) is 15.0 Å². The van der Waals surface area contributed by atoms with Crippen molar-refractivity contribution in [2.24, 2.45) is 0 Å². The number of pyridine rings is 1. The van der Waals surface area contributed by atoms with E-state index in [2.05, 4.69) is 218 Å². The normalized spacial score (nSPS) is 11.2. The van der Waals surface area contributed by atoms with Crippen LogP contribution in [0.1, 0.15) is 0 Å². The van der Waals surface area contributed by atoms with E-state index < -0.39 is 0 Å². The van der Waals surface area contributed by atoms with E-state index in [-0.39, 0.29) is 0 Å². The number of nitrogens with zero attached hydrogens (tertiary/aromatic N) is 3. The molecule has 11 rings (SSSR count). The van der Waals surface area contributed by atoms with E-state index in [0.717, 1.165) is 78.1 Å². The van der Waals surface area contributed by atoms with E-state index in [1.807, 2.05) is 18.2 Å². The van der Waals surface area contributed by atoms with Gasteiger partial charge < -0.3 is 0 Å². The van der Waals surface area contributed by atoms with Crippen LogP contribution >= 0.6 is 0 Å². The Labute approximate surface area is 361 Å². The molecule has 0 atom stereocenters. The molecule has 0 spiro atoms. The highest BCUT2D eigenvalue weighted by Crippen LogP contribution is 2.39. The number of aromatic nitrogens is 3. The maximum absolute atomic E-state index is 5.24. The highest BCUT2D eigenvalue weighted by Gasteiger charge is 2.16. The summed E-state index contributed by atoms with van der Waals surface area (Å²) in [4.78, 5) is 15.7. The molecule has 0 aliphatic rings. The standard InChI is InChI=1S/C59H39N3/c1-5-15-40(16-6-1)47-23-13-25-50(35-47)57-39-56(61-59(62-57)51-26-14-24-48(36-51)41-17-7-2-8-18-41)46-30-27-42(28-31-46)49-32-29-44-33-34-54-58(52(44)37-49)53(43-19-9-3-10-20-43)38-55(60-54)45-21-11-4-12-22-45/h1-39H. The van der Waals surface area contributed by atoms with Crippen LogP contribution in [0.5, 0.6) is 0 Å². The number of rotatable bonds is 8. The molecule has 3 nitrogen and oxygen atoms in total. The highest BCUT2D eigenvalue weighted by molar-refractivity contribution is 6.14. The maximum atomic E-state index is 5.24. The molecule has 11 aromatic rings. The number of hydrogen-bond acceptors (Lipinski definition) is 3. The molecule has 0 bridgehead atoms. The van der Waals surface area contributed by atoms with Gasteiger partial charge in [0.05, 0.1) is 22.6 Å². The zero-order valence-electron chi connectivity index (χ0n) is 33.9. The van der Waals surface area contributed by atoms with Crippen molar-refractivity contribution >= 4 is 21.7 Å². The maximum Gasteiger partial charge on any atom is 0.160 e. The summed E-state index contributed by atoms with van der Waals surface area (Å²) < 4.78 is 0. The summed E-state index contributed by atoms with van der Waals surface area (Å²) in [6, 6.07) is 83.5. The van der Waals surface area contributed by atoms with Crippen LogP contribution in [0.15, 0.2) is 237 Å². The van der Waals surface area contributed by atoms with Gasteiger partial charge in [-0.2, -0.15) is 0 Å². The van der Waals surface area contributed by atoms with Crippen molar-refractivity contribution in [1.82, 2.24) is 15.0 Å². The molecule has 290 valence electrons. The Morgan fingerprint density at radius 1 is 0.242 bits per heavy atom. The van der Waals surface area contributed by atoms with Crippen molar-refractivity contribution < 1.29 is 0 Å². The van der Waals surface area contributed by atoms with Crippen molar-refractivity contribution in [3.05, 3.63) is 237 Å². The molecule has 0 N–H and O–H groups in total. The molecule has 0 saturated carbocycles. The second kappa shape index (κ2) is 16.1. The molecule has 2 heterocycles. The van der Waals surface area contributed by atoms with E-state index in [1.165, 1.54) is 27.5 Å². The first kappa shape index (κ1) is 36.8. The Balaban J connectivity index is 1.01. The minimum Gasteiger partial charge on any atom is -0.248 e. The average Bonchev–Trinajstić information content (AvgIpc) is 3.37. The molecule has 2 aromatic heterocycles. The van der Waals surface area contributed by atoms with Crippen molar-refractivity contribution in [3.8, 4) is 89.7 Å². The van der Waals surface area contributed by atoms with Crippen LogP contribution in [0.2, 0.25) is 0 Å². The monoisotopic (exact) mass is 789 g/mol. The molecule has 3 heteroatoms. The van der Waals surface area contributed by atoms with Crippen LogP contribution in [0.3, 0.4) is 0 Å². The fourth-order valence-corrected chi connectivity index (χ4v) is 8.50. The third kappa shape index (κ3) is 7.23. The third-order valence-electron chi connectivity index (χ3n) is 11.7. The molecule has 0 unspecified atom stereocenters. The van der Waals surface area contributed by atoms with Crippen LogP contribution in [0, 0.1) is 0 Å². The Kier molecular flexibility index (Phi) is 9.53. The lowest BCUT2D eigenvalue weighted by Crippen LogP contribution is -1.96. The quantitative estimate of drug-likeness (QED) is 0.144. The van der Waals surface area contributed by atoms with Crippen molar-refractivity contribution in [1.29, 1.82) is 0 Å². The van der Waals surface area contributed by atoms with Gasteiger partial charge in [-0.05, 0) is 91.7 Å². The molecule has 0 saturated heterocycles.